The Labute approximate surface area is 129 Å². The Bertz CT molecular complexity index is 590. The molecule has 0 aromatic heterocycles. The third-order valence-electron chi connectivity index (χ3n) is 2.63. The van der Waals surface area contributed by atoms with Gasteiger partial charge in [-0.05, 0) is 24.3 Å². The summed E-state index contributed by atoms with van der Waals surface area (Å²) in [4.78, 5) is 0. The molecule has 2 aromatic rings. The smallest absolute Gasteiger partial charge is 0.461 e. The Hall–Kier alpha value is -1.95. The van der Waals surface area contributed by atoms with E-state index in [9.17, 15) is 17.6 Å². The molecule has 0 fully saturated rings. The fraction of sp³-hybridized carbons (Fsp3) is 0.200. The summed E-state index contributed by atoms with van der Waals surface area (Å²) in [6.45, 7) is 0. The molecule has 0 bridgehead atoms. The van der Waals surface area contributed by atoms with E-state index in [1.807, 2.05) is 6.07 Å². The molecule has 2 rings (SSSR count). The lowest BCUT2D eigenvalue weighted by Gasteiger charge is -2.17. The monoisotopic (exact) mass is 334 g/mol. The number of hydrogen-bond donors (Lipinski definition) is 0. The molecule has 0 heterocycles. The molecule has 0 N–H and O–H groups in total. The molecular weight excluding hydrogens is 324 g/mol. The van der Waals surface area contributed by atoms with Gasteiger partial charge in [-0.3, -0.25) is 0 Å². The van der Waals surface area contributed by atoms with Crippen molar-refractivity contribution in [2.24, 2.45) is 0 Å². The normalized spacial score (nSPS) is 13.0. The van der Waals surface area contributed by atoms with Crippen LogP contribution in [0.3, 0.4) is 0 Å². The average molecular weight is 335 g/mol. The SMILES string of the molecule is FC(F)C(F)(F)Oc1ccc(OC(Cl)c2ccccc2)cc1. The molecular formula is C15H11ClF4O2. The summed E-state index contributed by atoms with van der Waals surface area (Å²) in [7, 11) is 0. The van der Waals surface area contributed by atoms with Gasteiger partial charge in [0.05, 0.1) is 0 Å². The maximum Gasteiger partial charge on any atom is 0.461 e. The van der Waals surface area contributed by atoms with Crippen molar-refractivity contribution in [2.45, 2.75) is 18.1 Å². The summed E-state index contributed by atoms with van der Waals surface area (Å²) in [5, 5.41) is 0. The summed E-state index contributed by atoms with van der Waals surface area (Å²) in [5.74, 6) is -0.111. The Morgan fingerprint density at radius 2 is 1.41 bits per heavy atom. The fourth-order valence-corrected chi connectivity index (χ4v) is 1.83. The predicted molar refractivity (Wildman–Crippen MR) is 73.7 cm³/mol. The molecule has 2 nitrogen and oxygen atoms in total. The first kappa shape index (κ1) is 16.4. The summed E-state index contributed by atoms with van der Waals surface area (Å²) in [6, 6.07) is 13.7. The fourth-order valence-electron chi connectivity index (χ4n) is 1.58. The first-order valence-corrected chi connectivity index (χ1v) is 6.63. The standard InChI is InChI=1S/C15H11ClF4O2/c16-13(10-4-2-1-3-5-10)21-11-6-8-12(9-7-11)22-15(19,20)14(17)18/h1-9,13-14H. The third kappa shape index (κ3) is 4.27. The van der Waals surface area contributed by atoms with Gasteiger partial charge in [-0.1, -0.05) is 41.9 Å². The van der Waals surface area contributed by atoms with Gasteiger partial charge in [0.15, 0.2) is 5.56 Å². The Kier molecular flexibility index (Phi) is 5.13. The molecule has 0 saturated heterocycles. The van der Waals surface area contributed by atoms with Gasteiger partial charge in [0.25, 0.3) is 0 Å². The lowest BCUT2D eigenvalue weighted by Crippen LogP contribution is -2.33. The van der Waals surface area contributed by atoms with Gasteiger partial charge in [-0.25, -0.2) is 0 Å². The second-order valence-electron chi connectivity index (χ2n) is 4.28. The van der Waals surface area contributed by atoms with Crippen LogP contribution in [0.25, 0.3) is 0 Å². The highest BCUT2D eigenvalue weighted by atomic mass is 35.5. The largest absolute Gasteiger partial charge is 0.470 e. The first-order chi connectivity index (χ1) is 10.4. The first-order valence-electron chi connectivity index (χ1n) is 6.19. The molecule has 0 aliphatic rings. The molecule has 0 spiro atoms. The quantitative estimate of drug-likeness (QED) is 0.531. The van der Waals surface area contributed by atoms with Gasteiger partial charge in [0.2, 0.25) is 0 Å². The number of benzene rings is 2. The maximum atomic E-state index is 12.7. The molecule has 2 aromatic carbocycles. The summed E-state index contributed by atoms with van der Waals surface area (Å²) >= 11 is 6.06. The van der Waals surface area contributed by atoms with Crippen LogP contribution in [0, 0.1) is 0 Å². The van der Waals surface area contributed by atoms with Crippen molar-refractivity contribution < 1.29 is 27.0 Å². The average Bonchev–Trinajstić information content (AvgIpc) is 2.49. The van der Waals surface area contributed by atoms with Gasteiger partial charge < -0.3 is 9.47 Å². The van der Waals surface area contributed by atoms with Crippen LogP contribution in [0.2, 0.25) is 0 Å². The Morgan fingerprint density at radius 1 is 0.864 bits per heavy atom. The molecule has 7 heteroatoms. The molecule has 0 radical (unpaired) electrons. The van der Waals surface area contributed by atoms with E-state index in [1.165, 1.54) is 12.1 Å². The van der Waals surface area contributed by atoms with Crippen molar-refractivity contribution in [3.05, 3.63) is 60.2 Å². The van der Waals surface area contributed by atoms with Crippen molar-refractivity contribution >= 4 is 11.6 Å². The van der Waals surface area contributed by atoms with Crippen LogP contribution in [0.5, 0.6) is 11.5 Å². The van der Waals surface area contributed by atoms with Gasteiger partial charge in [-0.15, -0.1) is 0 Å². The number of hydrogen-bond acceptors (Lipinski definition) is 2. The molecule has 118 valence electrons. The van der Waals surface area contributed by atoms with E-state index in [0.29, 0.717) is 5.56 Å². The van der Waals surface area contributed by atoms with Crippen LogP contribution < -0.4 is 9.47 Å². The van der Waals surface area contributed by atoms with Crippen molar-refractivity contribution in [1.82, 2.24) is 0 Å². The molecule has 0 aliphatic carbocycles. The van der Waals surface area contributed by atoms with E-state index in [4.69, 9.17) is 16.3 Å². The molecule has 1 unspecified atom stereocenters. The van der Waals surface area contributed by atoms with Gasteiger partial charge in [0, 0.05) is 5.56 Å². The minimum absolute atomic E-state index is 0.288. The zero-order valence-electron chi connectivity index (χ0n) is 11.1. The van der Waals surface area contributed by atoms with Crippen LogP contribution >= 0.6 is 11.6 Å². The van der Waals surface area contributed by atoms with Crippen molar-refractivity contribution in [2.75, 3.05) is 0 Å². The van der Waals surface area contributed by atoms with Crippen LogP contribution in [0.4, 0.5) is 17.6 Å². The van der Waals surface area contributed by atoms with Crippen molar-refractivity contribution in [1.29, 1.82) is 0 Å². The van der Waals surface area contributed by atoms with Crippen LogP contribution in [-0.2, 0) is 0 Å². The van der Waals surface area contributed by atoms with Gasteiger partial charge >= 0.3 is 12.5 Å². The minimum Gasteiger partial charge on any atom is -0.470 e. The number of rotatable bonds is 6. The molecule has 22 heavy (non-hydrogen) atoms. The van der Waals surface area contributed by atoms with Crippen LogP contribution in [0.1, 0.15) is 11.1 Å². The zero-order chi connectivity index (χ0) is 16.2. The summed E-state index contributed by atoms with van der Waals surface area (Å²) in [5.41, 5.74) is -0.0517. The Balaban J connectivity index is 2.00. The summed E-state index contributed by atoms with van der Waals surface area (Å²) in [6.07, 6.45) is -8.45. The van der Waals surface area contributed by atoms with E-state index in [1.54, 1.807) is 24.3 Å². The van der Waals surface area contributed by atoms with Crippen LogP contribution in [-0.4, -0.2) is 12.5 Å². The van der Waals surface area contributed by atoms with Gasteiger partial charge in [0.1, 0.15) is 11.5 Å². The highest BCUT2D eigenvalue weighted by molar-refractivity contribution is 6.20. The van der Waals surface area contributed by atoms with Gasteiger partial charge in [-0.2, -0.15) is 17.6 Å². The van der Waals surface area contributed by atoms with Crippen LogP contribution in [0.15, 0.2) is 54.6 Å². The topological polar surface area (TPSA) is 18.5 Å². The molecule has 1 atom stereocenters. The highest BCUT2D eigenvalue weighted by Gasteiger charge is 2.43. The minimum atomic E-state index is -4.54. The number of alkyl halides is 5. The third-order valence-corrected chi connectivity index (χ3v) is 2.97. The molecule has 0 amide bonds. The lowest BCUT2D eigenvalue weighted by molar-refractivity contribution is -0.253. The van der Waals surface area contributed by atoms with E-state index >= 15 is 0 Å². The predicted octanol–water partition coefficient (Wildman–Crippen LogP) is 5.24. The second-order valence-corrected chi connectivity index (χ2v) is 4.68. The number of halogens is 5. The maximum absolute atomic E-state index is 12.7. The second kappa shape index (κ2) is 6.87. The molecule has 0 saturated carbocycles. The van der Waals surface area contributed by atoms with E-state index in [0.717, 1.165) is 12.1 Å². The lowest BCUT2D eigenvalue weighted by atomic mass is 10.2. The highest BCUT2D eigenvalue weighted by Crippen LogP contribution is 2.30. The molecule has 0 aliphatic heterocycles. The van der Waals surface area contributed by atoms with E-state index < -0.39 is 23.8 Å². The van der Waals surface area contributed by atoms with E-state index in [2.05, 4.69) is 4.74 Å². The Morgan fingerprint density at radius 3 is 1.95 bits per heavy atom. The summed E-state index contributed by atoms with van der Waals surface area (Å²) < 4.78 is 58.9. The number of ether oxygens (including phenoxy) is 2. The zero-order valence-corrected chi connectivity index (χ0v) is 11.8. The van der Waals surface area contributed by atoms with E-state index in [-0.39, 0.29) is 5.75 Å². The van der Waals surface area contributed by atoms with Crippen molar-refractivity contribution in [3.63, 3.8) is 0 Å². The van der Waals surface area contributed by atoms with Crippen molar-refractivity contribution in [3.8, 4) is 11.5 Å².